The Hall–Kier alpha value is -4.37. The van der Waals surface area contributed by atoms with Gasteiger partial charge in [0.1, 0.15) is 34.6 Å². The molecule has 1 aromatic heterocycles. The fourth-order valence-corrected chi connectivity index (χ4v) is 3.72. The Bertz CT molecular complexity index is 1490. The maximum Gasteiger partial charge on any atom is 0.275 e. The number of nitrogens with one attached hydrogen (secondary N) is 3. The zero-order valence-electron chi connectivity index (χ0n) is 20.6. The number of ether oxygens (including phenoxy) is 1. The third-order valence-corrected chi connectivity index (χ3v) is 5.82. The Balaban J connectivity index is 1.75. The molecule has 0 unspecified atom stereocenters. The molecule has 4 rings (SSSR count). The highest BCUT2D eigenvalue weighted by molar-refractivity contribution is 5.95. The van der Waals surface area contributed by atoms with E-state index in [1.807, 2.05) is 31.2 Å². The fourth-order valence-electron chi connectivity index (χ4n) is 3.72. The van der Waals surface area contributed by atoms with Crippen molar-refractivity contribution in [1.29, 1.82) is 0 Å². The van der Waals surface area contributed by atoms with E-state index in [-0.39, 0.29) is 23.6 Å². The summed E-state index contributed by atoms with van der Waals surface area (Å²) in [6.45, 7) is 3.55. The predicted octanol–water partition coefficient (Wildman–Crippen LogP) is 4.95. The van der Waals surface area contributed by atoms with E-state index in [0.717, 1.165) is 11.1 Å². The van der Waals surface area contributed by atoms with Gasteiger partial charge in [-0.1, -0.05) is 24.3 Å². The van der Waals surface area contributed by atoms with Gasteiger partial charge < -0.3 is 20.4 Å². The number of anilines is 1. The van der Waals surface area contributed by atoms with Gasteiger partial charge in [-0.3, -0.25) is 9.59 Å². The van der Waals surface area contributed by atoms with Crippen LogP contribution in [0.4, 0.5) is 14.5 Å². The zero-order valence-corrected chi connectivity index (χ0v) is 20.6. The van der Waals surface area contributed by atoms with Gasteiger partial charge in [-0.2, -0.15) is 0 Å². The number of likely N-dealkylation sites (N-methyl/N-ethyl adjacent to an activating group) is 1. The van der Waals surface area contributed by atoms with E-state index in [1.54, 1.807) is 20.0 Å². The average Bonchev–Trinajstić information content (AvgIpc) is 2.86. The second-order valence-corrected chi connectivity index (χ2v) is 8.58. The van der Waals surface area contributed by atoms with Crippen molar-refractivity contribution in [2.45, 2.75) is 26.3 Å². The van der Waals surface area contributed by atoms with Gasteiger partial charge >= 0.3 is 0 Å². The van der Waals surface area contributed by atoms with Crippen LogP contribution in [0, 0.1) is 18.6 Å². The molecule has 1 heterocycles. The molecule has 9 heteroatoms. The number of rotatable bonds is 8. The van der Waals surface area contributed by atoms with Crippen LogP contribution in [-0.2, 0) is 11.2 Å². The number of H-pyrrole nitrogens is 1. The monoisotopic (exact) mass is 504 g/mol. The Morgan fingerprint density at radius 3 is 2.46 bits per heavy atom. The minimum absolute atomic E-state index is 0.0188. The molecular formula is C28H26F2N4O3. The van der Waals surface area contributed by atoms with Crippen molar-refractivity contribution in [2.24, 2.45) is 0 Å². The lowest BCUT2D eigenvalue weighted by Gasteiger charge is -2.15. The molecule has 0 aliphatic carbocycles. The minimum Gasteiger partial charge on any atom is -0.457 e. The number of carbonyl (C=O) groups excluding carboxylic acids is 1. The minimum atomic E-state index is -0.562. The summed E-state index contributed by atoms with van der Waals surface area (Å²) in [4.78, 5) is 33.1. The molecule has 37 heavy (non-hydrogen) atoms. The van der Waals surface area contributed by atoms with Crippen LogP contribution in [0.25, 0.3) is 11.4 Å². The Morgan fingerprint density at radius 1 is 1.03 bits per heavy atom. The number of nitrogens with zero attached hydrogens (tertiary/aromatic N) is 1. The van der Waals surface area contributed by atoms with Crippen molar-refractivity contribution >= 4 is 11.6 Å². The van der Waals surface area contributed by atoms with E-state index >= 15 is 0 Å². The second-order valence-electron chi connectivity index (χ2n) is 8.58. The molecule has 0 spiro atoms. The molecule has 3 N–H and O–H groups in total. The summed E-state index contributed by atoms with van der Waals surface area (Å²) in [6, 6.07) is 16.3. The molecule has 0 saturated heterocycles. The molecule has 0 radical (unpaired) electrons. The summed E-state index contributed by atoms with van der Waals surface area (Å²) in [6.07, 6.45) is 0.0316. The van der Waals surface area contributed by atoms with Gasteiger partial charge in [0.05, 0.1) is 11.7 Å². The van der Waals surface area contributed by atoms with Gasteiger partial charge in [0.25, 0.3) is 5.56 Å². The number of halogens is 2. The van der Waals surface area contributed by atoms with Gasteiger partial charge in [-0.15, -0.1) is 0 Å². The highest BCUT2D eigenvalue weighted by atomic mass is 19.1. The Kier molecular flexibility index (Phi) is 7.74. The van der Waals surface area contributed by atoms with Crippen LogP contribution in [0.15, 0.2) is 71.5 Å². The summed E-state index contributed by atoms with van der Waals surface area (Å²) in [5, 5.41) is 5.47. The molecule has 0 bridgehead atoms. The van der Waals surface area contributed by atoms with Gasteiger partial charge in [0, 0.05) is 18.1 Å². The molecule has 7 nitrogen and oxygen atoms in total. The highest BCUT2D eigenvalue weighted by Crippen LogP contribution is 2.27. The van der Waals surface area contributed by atoms with Crippen LogP contribution in [0.2, 0.25) is 0 Å². The Labute approximate surface area is 212 Å². The van der Waals surface area contributed by atoms with Crippen molar-refractivity contribution < 1.29 is 18.3 Å². The fraction of sp³-hybridized carbons (Fsp3) is 0.179. The average molecular weight is 505 g/mol. The van der Waals surface area contributed by atoms with Crippen molar-refractivity contribution in [3.05, 3.63) is 106 Å². The first kappa shape index (κ1) is 25.7. The number of amides is 1. The molecule has 3 aromatic carbocycles. The van der Waals surface area contributed by atoms with E-state index in [2.05, 4.69) is 20.6 Å². The van der Waals surface area contributed by atoms with E-state index in [4.69, 9.17) is 4.74 Å². The smallest absolute Gasteiger partial charge is 0.275 e. The molecule has 1 amide bonds. The number of carbonyl (C=O) groups is 1. The lowest BCUT2D eigenvalue weighted by atomic mass is 10.1. The van der Waals surface area contributed by atoms with E-state index in [1.165, 1.54) is 36.4 Å². The number of aryl methyl sites for hydroxylation is 1. The topological polar surface area (TPSA) is 96.1 Å². The summed E-state index contributed by atoms with van der Waals surface area (Å²) < 4.78 is 33.4. The van der Waals surface area contributed by atoms with Crippen LogP contribution in [0.3, 0.4) is 0 Å². The number of hydrogen-bond donors (Lipinski definition) is 3. The predicted molar refractivity (Wildman–Crippen MR) is 138 cm³/mol. The molecule has 0 fully saturated rings. The first-order valence-corrected chi connectivity index (χ1v) is 11.6. The van der Waals surface area contributed by atoms with Gasteiger partial charge in [-0.25, -0.2) is 13.8 Å². The first-order valence-electron chi connectivity index (χ1n) is 11.6. The van der Waals surface area contributed by atoms with Crippen LogP contribution < -0.4 is 20.9 Å². The molecule has 190 valence electrons. The van der Waals surface area contributed by atoms with Crippen molar-refractivity contribution in [1.82, 2.24) is 15.3 Å². The van der Waals surface area contributed by atoms with E-state index in [0.29, 0.717) is 17.1 Å². The maximum atomic E-state index is 14.5. The molecule has 0 aliphatic rings. The zero-order chi connectivity index (χ0) is 26.5. The summed E-state index contributed by atoms with van der Waals surface area (Å²) in [5.41, 5.74) is 1.80. The Morgan fingerprint density at radius 2 is 1.76 bits per heavy atom. The largest absolute Gasteiger partial charge is 0.457 e. The molecule has 0 aliphatic heterocycles. The molecular weight excluding hydrogens is 478 g/mol. The summed E-state index contributed by atoms with van der Waals surface area (Å²) in [7, 11) is 1.63. The van der Waals surface area contributed by atoms with Crippen LogP contribution in [-0.4, -0.2) is 29.0 Å². The van der Waals surface area contributed by atoms with Crippen molar-refractivity contribution in [3.63, 3.8) is 0 Å². The summed E-state index contributed by atoms with van der Waals surface area (Å²) >= 11 is 0. The molecule has 1 atom stereocenters. The van der Waals surface area contributed by atoms with E-state index in [9.17, 15) is 18.4 Å². The quantitative estimate of drug-likeness (QED) is 0.316. The first-order chi connectivity index (χ1) is 17.7. The van der Waals surface area contributed by atoms with Gasteiger partial charge in [0.2, 0.25) is 5.91 Å². The second kappa shape index (κ2) is 11.1. The van der Waals surface area contributed by atoms with Crippen molar-refractivity contribution in [2.75, 3.05) is 12.4 Å². The molecule has 0 saturated carbocycles. The summed E-state index contributed by atoms with van der Waals surface area (Å²) in [5.74, 6) is -0.536. The van der Waals surface area contributed by atoms with E-state index < -0.39 is 29.1 Å². The number of hydrogen-bond acceptors (Lipinski definition) is 5. The normalized spacial score (nSPS) is 11.7. The number of aromatic amines is 1. The SMILES string of the molecule is CN[C@@H](C)C(=O)Nc1c(Cc2cc(F)cc(Oc3ccc(F)cc3)c2)nc(-c2ccccc2C)[nH]c1=O. The van der Waals surface area contributed by atoms with Gasteiger partial charge in [0.15, 0.2) is 0 Å². The van der Waals surface area contributed by atoms with Crippen LogP contribution in [0.5, 0.6) is 11.5 Å². The van der Waals surface area contributed by atoms with Crippen LogP contribution >= 0.6 is 0 Å². The lowest BCUT2D eigenvalue weighted by molar-refractivity contribution is -0.117. The maximum absolute atomic E-state index is 14.5. The molecule has 4 aromatic rings. The third-order valence-electron chi connectivity index (χ3n) is 5.82. The van der Waals surface area contributed by atoms with Crippen molar-refractivity contribution in [3.8, 4) is 22.9 Å². The van der Waals surface area contributed by atoms with Crippen LogP contribution in [0.1, 0.15) is 23.7 Å². The lowest BCUT2D eigenvalue weighted by Crippen LogP contribution is -2.37. The number of aromatic nitrogens is 2. The number of benzene rings is 3. The van der Waals surface area contributed by atoms with Gasteiger partial charge in [-0.05, 0) is 68.4 Å². The standard InChI is InChI=1S/C28H26F2N4O3/c1-16-6-4-5-7-23(16)26-32-24(25(28(36)34-26)33-27(35)17(2)31-3)14-18-12-20(30)15-22(13-18)37-21-10-8-19(29)9-11-21/h4-13,15,17,31H,14H2,1-3H3,(H,33,35)(H,32,34,36)/t17-/m0/s1. The third kappa shape index (κ3) is 6.25. The highest BCUT2D eigenvalue weighted by Gasteiger charge is 2.19.